The molecule has 11 heteroatoms. The van der Waals surface area contributed by atoms with Crippen LogP contribution in [0.5, 0.6) is 0 Å². The zero-order chi connectivity index (χ0) is 15.8. The number of nitrogens with zero attached hydrogens (tertiary/aromatic N) is 2. The lowest BCUT2D eigenvalue weighted by Gasteiger charge is -2.24. The van der Waals surface area contributed by atoms with Crippen molar-refractivity contribution in [3.63, 3.8) is 0 Å². The number of hydrogen-bond donors (Lipinski definition) is 3. The topological polar surface area (TPSA) is 123 Å². The van der Waals surface area contributed by atoms with Crippen LogP contribution in [0, 0.1) is 0 Å². The maximum Gasteiger partial charge on any atom is 0.444 e. The fourth-order valence-electron chi connectivity index (χ4n) is 1.59. The summed E-state index contributed by atoms with van der Waals surface area (Å²) in [6, 6.07) is 5.77. The molecule has 1 aromatic heterocycles. The van der Waals surface area contributed by atoms with Crippen molar-refractivity contribution in [2.45, 2.75) is 18.5 Å². The minimum Gasteiger partial charge on any atom is -0.412 e. The molecule has 0 aliphatic rings. The third-order valence-electron chi connectivity index (χ3n) is 2.69. The second kappa shape index (κ2) is 6.08. The Bertz CT molecular complexity index is 694. The molecule has 0 fully saturated rings. The average molecular weight is 342 g/mol. The molecule has 2 aromatic rings. The van der Waals surface area contributed by atoms with Gasteiger partial charge in [-0.15, -0.1) is 0 Å². The van der Waals surface area contributed by atoms with Crippen LogP contribution in [0.2, 0.25) is 5.02 Å². The first-order valence-corrected chi connectivity index (χ1v) is 5.92. The summed E-state index contributed by atoms with van der Waals surface area (Å²) in [6.45, 7) is -1.41. The molecule has 0 bridgehead atoms. The first-order valence-electron chi connectivity index (χ1n) is 5.54. The zero-order valence-corrected chi connectivity index (χ0v) is 11.5. The number of halogens is 4. The first-order chi connectivity index (χ1) is 9.62. The molecule has 0 spiro atoms. The zero-order valence-electron chi connectivity index (χ0n) is 10.7. The summed E-state index contributed by atoms with van der Waals surface area (Å²) in [4.78, 5) is 11.5. The fourth-order valence-corrected chi connectivity index (χ4v) is 1.72. The molecule has 1 aromatic carbocycles. The number of hydrogen-bond acceptors (Lipinski definition) is 4. The summed E-state index contributed by atoms with van der Waals surface area (Å²) in [5, 5.41) is 24.1. The maximum atomic E-state index is 12.5. The monoisotopic (exact) mass is 341 g/mol. The molecule has 122 valence electrons. The Balaban J connectivity index is 0.00000242. The number of benzene rings is 1. The van der Waals surface area contributed by atoms with Crippen molar-refractivity contribution in [2.24, 2.45) is 0 Å². The van der Waals surface area contributed by atoms with E-state index in [1.807, 2.05) is 5.10 Å². The van der Waals surface area contributed by atoms with Crippen LogP contribution >= 0.6 is 11.6 Å². The van der Waals surface area contributed by atoms with Gasteiger partial charge >= 0.3 is 11.9 Å². The summed E-state index contributed by atoms with van der Waals surface area (Å²) in [5.74, 6) is -4.23. The molecule has 0 unspecified atom stereocenters. The molecular weight excluding hydrogens is 331 g/mol. The molecule has 1 heterocycles. The van der Waals surface area contributed by atoms with Crippen molar-refractivity contribution < 1.29 is 28.9 Å². The van der Waals surface area contributed by atoms with Crippen LogP contribution in [0.1, 0.15) is 0 Å². The molecule has 7 nitrogen and oxygen atoms in total. The standard InChI is InChI=1S/C11H9ClF3N3O3.H2O/c12-7-3-1-6(2-4-7)8-16-17-9(19)18(8)5-10(20,21)11(13,14)15;/h1-4,20-21H,5H2,(H,17,19);1H2. The molecule has 0 saturated carbocycles. The van der Waals surface area contributed by atoms with Gasteiger partial charge in [-0.3, -0.25) is 4.57 Å². The third kappa shape index (κ3) is 3.47. The van der Waals surface area contributed by atoms with E-state index >= 15 is 0 Å². The number of aromatic nitrogens is 3. The van der Waals surface area contributed by atoms with Crippen molar-refractivity contribution in [2.75, 3.05) is 0 Å². The van der Waals surface area contributed by atoms with E-state index in [-0.39, 0.29) is 16.9 Å². The molecule has 0 saturated heterocycles. The summed E-state index contributed by atoms with van der Waals surface area (Å²) < 4.78 is 37.9. The van der Waals surface area contributed by atoms with E-state index in [0.717, 1.165) is 0 Å². The Kier molecular flexibility index (Phi) is 5.03. The number of H-pyrrole nitrogens is 1. The minimum atomic E-state index is -5.32. The lowest BCUT2D eigenvalue weighted by molar-refractivity contribution is -0.353. The highest BCUT2D eigenvalue weighted by Gasteiger charge is 2.53. The van der Waals surface area contributed by atoms with E-state index in [2.05, 4.69) is 5.10 Å². The highest BCUT2D eigenvalue weighted by Crippen LogP contribution is 2.30. The predicted octanol–water partition coefficient (Wildman–Crippen LogP) is 0.310. The van der Waals surface area contributed by atoms with Gasteiger partial charge in [-0.25, -0.2) is 9.89 Å². The van der Waals surface area contributed by atoms with E-state index < -0.39 is 24.2 Å². The molecule has 0 radical (unpaired) electrons. The third-order valence-corrected chi connectivity index (χ3v) is 2.95. The Morgan fingerprint density at radius 1 is 1.23 bits per heavy atom. The van der Waals surface area contributed by atoms with Crippen LogP contribution in [0.15, 0.2) is 29.1 Å². The second-order valence-electron chi connectivity index (χ2n) is 4.26. The molecule has 0 aliphatic heterocycles. The van der Waals surface area contributed by atoms with Crippen LogP contribution in [0.3, 0.4) is 0 Å². The predicted molar refractivity (Wildman–Crippen MR) is 70.1 cm³/mol. The second-order valence-corrected chi connectivity index (χ2v) is 4.70. The van der Waals surface area contributed by atoms with Gasteiger partial charge in [-0.05, 0) is 24.3 Å². The van der Waals surface area contributed by atoms with Crippen molar-refractivity contribution in [3.05, 3.63) is 39.8 Å². The number of alkyl halides is 3. The lowest BCUT2D eigenvalue weighted by Crippen LogP contribution is -2.50. The van der Waals surface area contributed by atoms with Crippen LogP contribution in [-0.2, 0) is 6.54 Å². The minimum absolute atomic E-state index is 0. The molecule has 0 atom stereocenters. The molecule has 2 rings (SSSR count). The van der Waals surface area contributed by atoms with E-state index in [1.165, 1.54) is 24.3 Å². The number of nitrogens with one attached hydrogen (secondary N) is 1. The van der Waals surface area contributed by atoms with Gasteiger partial charge in [0.1, 0.15) is 0 Å². The van der Waals surface area contributed by atoms with Crippen molar-refractivity contribution >= 4 is 11.6 Å². The highest BCUT2D eigenvalue weighted by molar-refractivity contribution is 6.30. The van der Waals surface area contributed by atoms with E-state index in [0.29, 0.717) is 9.59 Å². The van der Waals surface area contributed by atoms with Gasteiger partial charge in [-0.1, -0.05) is 11.6 Å². The van der Waals surface area contributed by atoms with Gasteiger partial charge in [0, 0.05) is 10.6 Å². The van der Waals surface area contributed by atoms with Gasteiger partial charge in [0.15, 0.2) is 5.82 Å². The van der Waals surface area contributed by atoms with Gasteiger partial charge in [-0.2, -0.15) is 18.3 Å². The number of aromatic amines is 1. The largest absolute Gasteiger partial charge is 0.444 e. The van der Waals surface area contributed by atoms with Crippen LogP contribution in [-0.4, -0.2) is 42.4 Å². The fraction of sp³-hybridized carbons (Fsp3) is 0.273. The molecule has 5 N–H and O–H groups in total. The summed E-state index contributed by atoms with van der Waals surface area (Å²) >= 11 is 5.68. The van der Waals surface area contributed by atoms with Crippen molar-refractivity contribution in [1.29, 1.82) is 0 Å². The maximum absolute atomic E-state index is 12.5. The average Bonchev–Trinajstić information content (AvgIpc) is 2.70. The Morgan fingerprint density at radius 3 is 2.27 bits per heavy atom. The number of rotatable bonds is 3. The van der Waals surface area contributed by atoms with Crippen LogP contribution in [0.25, 0.3) is 11.4 Å². The summed E-state index contributed by atoms with van der Waals surface area (Å²) in [7, 11) is 0. The van der Waals surface area contributed by atoms with E-state index in [9.17, 15) is 18.0 Å². The van der Waals surface area contributed by atoms with Crippen LogP contribution < -0.4 is 5.69 Å². The van der Waals surface area contributed by atoms with E-state index in [1.54, 1.807) is 0 Å². The summed E-state index contributed by atoms with van der Waals surface area (Å²) in [5.41, 5.74) is -0.715. The molecular formula is C11H11ClF3N3O4. The Labute approximate surface area is 125 Å². The highest BCUT2D eigenvalue weighted by atomic mass is 35.5. The number of aliphatic hydroxyl groups is 2. The Hall–Kier alpha value is -1.88. The first kappa shape index (κ1) is 18.2. The van der Waals surface area contributed by atoms with Gasteiger partial charge in [0.05, 0.1) is 6.54 Å². The van der Waals surface area contributed by atoms with Gasteiger partial charge in [0.25, 0.3) is 5.79 Å². The van der Waals surface area contributed by atoms with Gasteiger partial charge < -0.3 is 15.7 Å². The van der Waals surface area contributed by atoms with E-state index in [4.69, 9.17) is 21.8 Å². The van der Waals surface area contributed by atoms with Crippen molar-refractivity contribution in [3.8, 4) is 11.4 Å². The van der Waals surface area contributed by atoms with Crippen LogP contribution in [0.4, 0.5) is 13.2 Å². The molecule has 22 heavy (non-hydrogen) atoms. The Morgan fingerprint density at radius 2 is 1.77 bits per heavy atom. The SMILES string of the molecule is O.O=c1[nH]nc(-c2ccc(Cl)cc2)n1CC(O)(O)C(F)(F)F. The summed E-state index contributed by atoms with van der Waals surface area (Å²) in [6.07, 6.45) is -5.32. The smallest absolute Gasteiger partial charge is 0.412 e. The quantitative estimate of drug-likeness (QED) is 0.695. The van der Waals surface area contributed by atoms with Crippen molar-refractivity contribution in [1.82, 2.24) is 14.8 Å². The molecule has 0 aliphatic carbocycles. The lowest BCUT2D eigenvalue weighted by atomic mass is 10.2. The molecule has 0 amide bonds. The normalized spacial score (nSPS) is 12.1. The van der Waals surface area contributed by atoms with Gasteiger partial charge in [0.2, 0.25) is 0 Å².